The standard InChI is InChI=1S/C34H43F6N3O/c1-24-6-7-27(18-25(24)2)32(10-16-41-14-8-30(9-15-41)42-12-4-3-5-13-42)11-17-43(23-32)31(44)21-26-19-28(33(35,36)37)22-29(20-26)34(38,39)40/h6-7,18-20,22,30H,3-5,8-17,21,23H2,1-2H3/t32-/m1/s1. The molecule has 0 unspecified atom stereocenters. The molecule has 3 aliphatic rings. The highest BCUT2D eigenvalue weighted by Gasteiger charge is 2.42. The summed E-state index contributed by atoms with van der Waals surface area (Å²) in [6, 6.07) is 8.44. The van der Waals surface area contributed by atoms with Gasteiger partial charge in [0.05, 0.1) is 17.5 Å². The van der Waals surface area contributed by atoms with Crippen LogP contribution in [0.2, 0.25) is 0 Å². The molecule has 2 aromatic carbocycles. The number of carbonyl (C=O) groups is 1. The van der Waals surface area contributed by atoms with E-state index in [0.29, 0.717) is 37.7 Å². The summed E-state index contributed by atoms with van der Waals surface area (Å²) < 4.78 is 80.5. The summed E-state index contributed by atoms with van der Waals surface area (Å²) in [6.07, 6.45) is -2.70. The number of alkyl halides is 6. The van der Waals surface area contributed by atoms with Gasteiger partial charge in [-0.15, -0.1) is 0 Å². The Balaban J connectivity index is 1.29. The fourth-order valence-corrected chi connectivity index (χ4v) is 7.31. The highest BCUT2D eigenvalue weighted by molar-refractivity contribution is 5.79. The molecule has 0 aliphatic carbocycles. The second-order valence-electron chi connectivity index (χ2n) is 13.2. The van der Waals surface area contributed by atoms with E-state index in [9.17, 15) is 31.1 Å². The van der Waals surface area contributed by atoms with E-state index in [1.165, 1.54) is 37.9 Å². The van der Waals surface area contributed by atoms with Gasteiger partial charge < -0.3 is 14.7 Å². The summed E-state index contributed by atoms with van der Waals surface area (Å²) in [6.45, 7) is 10.2. The minimum atomic E-state index is -4.95. The molecule has 3 fully saturated rings. The second-order valence-corrected chi connectivity index (χ2v) is 13.2. The van der Waals surface area contributed by atoms with Crippen molar-refractivity contribution in [1.29, 1.82) is 0 Å². The normalized spacial score (nSPS) is 23.0. The van der Waals surface area contributed by atoms with Gasteiger partial charge in [0.25, 0.3) is 0 Å². The molecule has 1 amide bonds. The van der Waals surface area contributed by atoms with E-state index in [4.69, 9.17) is 0 Å². The summed E-state index contributed by atoms with van der Waals surface area (Å²) in [5.74, 6) is -0.453. The Kier molecular flexibility index (Phi) is 9.71. The highest BCUT2D eigenvalue weighted by Crippen LogP contribution is 2.40. The molecule has 10 heteroatoms. The average Bonchev–Trinajstić information content (AvgIpc) is 3.43. The van der Waals surface area contributed by atoms with Gasteiger partial charge in [0, 0.05) is 24.5 Å². The van der Waals surface area contributed by atoms with Crippen LogP contribution in [0.25, 0.3) is 0 Å². The van der Waals surface area contributed by atoms with E-state index in [-0.39, 0.29) is 17.0 Å². The predicted molar refractivity (Wildman–Crippen MR) is 158 cm³/mol. The van der Waals surface area contributed by atoms with Crippen molar-refractivity contribution >= 4 is 5.91 Å². The van der Waals surface area contributed by atoms with Crippen molar-refractivity contribution in [3.05, 3.63) is 69.8 Å². The van der Waals surface area contributed by atoms with Crippen molar-refractivity contribution in [3.63, 3.8) is 0 Å². The molecule has 0 bridgehead atoms. The largest absolute Gasteiger partial charge is 0.416 e. The molecular formula is C34H43F6N3O. The minimum absolute atomic E-state index is 0.101. The maximum Gasteiger partial charge on any atom is 0.416 e. The lowest BCUT2D eigenvalue weighted by Gasteiger charge is -2.41. The fourth-order valence-electron chi connectivity index (χ4n) is 7.31. The minimum Gasteiger partial charge on any atom is -0.341 e. The number of likely N-dealkylation sites (tertiary alicyclic amines) is 3. The van der Waals surface area contributed by atoms with Crippen LogP contribution in [0, 0.1) is 13.8 Å². The number of piperidine rings is 2. The molecule has 0 radical (unpaired) electrons. The van der Waals surface area contributed by atoms with Crippen LogP contribution in [0.5, 0.6) is 0 Å². The van der Waals surface area contributed by atoms with Crippen molar-refractivity contribution in [2.45, 2.75) is 89.0 Å². The van der Waals surface area contributed by atoms with E-state index in [0.717, 1.165) is 50.0 Å². The number of halogens is 6. The van der Waals surface area contributed by atoms with Crippen molar-refractivity contribution in [1.82, 2.24) is 14.7 Å². The summed E-state index contributed by atoms with van der Waals surface area (Å²) >= 11 is 0. The van der Waals surface area contributed by atoms with E-state index in [1.807, 2.05) is 6.92 Å². The molecule has 0 aromatic heterocycles. The van der Waals surface area contributed by atoms with Gasteiger partial charge in [0.15, 0.2) is 0 Å². The van der Waals surface area contributed by atoms with Gasteiger partial charge in [-0.1, -0.05) is 24.6 Å². The molecule has 3 saturated heterocycles. The zero-order valence-corrected chi connectivity index (χ0v) is 25.7. The van der Waals surface area contributed by atoms with Gasteiger partial charge >= 0.3 is 12.4 Å². The van der Waals surface area contributed by atoms with E-state index < -0.39 is 35.8 Å². The fraction of sp³-hybridized carbons (Fsp3) is 0.618. The number of aryl methyl sites for hydroxylation is 2. The summed E-state index contributed by atoms with van der Waals surface area (Å²) in [5, 5.41) is 0. The number of amides is 1. The Morgan fingerprint density at radius 3 is 2.05 bits per heavy atom. The number of rotatable bonds is 7. The van der Waals surface area contributed by atoms with Crippen LogP contribution in [-0.2, 0) is 29.0 Å². The summed E-state index contributed by atoms with van der Waals surface area (Å²) in [4.78, 5) is 20.2. The lowest BCUT2D eigenvalue weighted by molar-refractivity contribution is -0.143. The van der Waals surface area contributed by atoms with Gasteiger partial charge in [0.2, 0.25) is 5.91 Å². The number of hydrogen-bond donors (Lipinski definition) is 0. The molecule has 0 saturated carbocycles. The molecule has 242 valence electrons. The molecular weight excluding hydrogens is 580 g/mol. The van der Waals surface area contributed by atoms with Crippen molar-refractivity contribution in [2.24, 2.45) is 0 Å². The molecule has 1 atom stereocenters. The van der Waals surface area contributed by atoms with Crippen LogP contribution < -0.4 is 0 Å². The van der Waals surface area contributed by atoms with Crippen molar-refractivity contribution in [3.8, 4) is 0 Å². The van der Waals surface area contributed by atoms with Crippen LogP contribution in [0.15, 0.2) is 36.4 Å². The smallest absolute Gasteiger partial charge is 0.341 e. The quantitative estimate of drug-likeness (QED) is 0.301. The zero-order valence-electron chi connectivity index (χ0n) is 25.7. The van der Waals surface area contributed by atoms with Crippen LogP contribution in [-0.4, -0.2) is 72.5 Å². The molecule has 5 rings (SSSR count). The Hall–Kier alpha value is -2.59. The summed E-state index contributed by atoms with van der Waals surface area (Å²) in [7, 11) is 0. The lowest BCUT2D eigenvalue weighted by atomic mass is 9.75. The number of hydrogen-bond acceptors (Lipinski definition) is 3. The van der Waals surface area contributed by atoms with Crippen LogP contribution in [0.4, 0.5) is 26.3 Å². The predicted octanol–water partition coefficient (Wildman–Crippen LogP) is 7.39. The average molecular weight is 624 g/mol. The third-order valence-corrected chi connectivity index (χ3v) is 10.2. The Morgan fingerprint density at radius 1 is 0.818 bits per heavy atom. The van der Waals surface area contributed by atoms with Crippen molar-refractivity contribution < 1.29 is 31.1 Å². The third-order valence-electron chi connectivity index (χ3n) is 10.2. The number of carbonyl (C=O) groups excluding carboxylic acids is 1. The van der Waals surface area contributed by atoms with Crippen molar-refractivity contribution in [2.75, 3.05) is 45.8 Å². The molecule has 0 N–H and O–H groups in total. The monoisotopic (exact) mass is 623 g/mol. The Bertz CT molecular complexity index is 1280. The first kappa shape index (κ1) is 32.8. The second kappa shape index (κ2) is 13.0. The molecule has 2 aromatic rings. The van der Waals surface area contributed by atoms with Gasteiger partial charge in [-0.2, -0.15) is 26.3 Å². The molecule has 3 aliphatic heterocycles. The Labute approximate surface area is 256 Å². The molecule has 44 heavy (non-hydrogen) atoms. The topological polar surface area (TPSA) is 26.8 Å². The van der Waals surface area contributed by atoms with Crippen LogP contribution in [0.3, 0.4) is 0 Å². The maximum absolute atomic E-state index is 13.4. The number of nitrogens with zero attached hydrogens (tertiary/aromatic N) is 3. The van der Waals surface area contributed by atoms with E-state index in [2.05, 4.69) is 34.9 Å². The molecule has 3 heterocycles. The third kappa shape index (κ3) is 7.61. The number of benzene rings is 2. The van der Waals surface area contributed by atoms with E-state index in [1.54, 1.807) is 4.90 Å². The first-order chi connectivity index (χ1) is 20.7. The van der Waals surface area contributed by atoms with Gasteiger partial charge in [0.1, 0.15) is 0 Å². The first-order valence-corrected chi connectivity index (χ1v) is 15.8. The highest BCUT2D eigenvalue weighted by atomic mass is 19.4. The van der Waals surface area contributed by atoms with Gasteiger partial charge in [-0.25, -0.2) is 0 Å². The Morgan fingerprint density at radius 2 is 1.45 bits per heavy atom. The lowest BCUT2D eigenvalue weighted by Crippen LogP contribution is -2.47. The summed E-state index contributed by atoms with van der Waals surface area (Å²) in [5.41, 5.74) is 0.0466. The van der Waals surface area contributed by atoms with Gasteiger partial charge in [-0.3, -0.25) is 4.79 Å². The van der Waals surface area contributed by atoms with E-state index >= 15 is 0 Å². The first-order valence-electron chi connectivity index (χ1n) is 15.8. The van der Waals surface area contributed by atoms with Crippen LogP contribution in [0.1, 0.15) is 78.3 Å². The van der Waals surface area contributed by atoms with Crippen LogP contribution >= 0.6 is 0 Å². The maximum atomic E-state index is 13.4. The molecule has 4 nitrogen and oxygen atoms in total. The SMILES string of the molecule is Cc1ccc([C@]2(CCN3CCC(N4CCCCC4)CC3)CCN(C(=O)Cc3cc(C(F)(F)F)cc(C(F)(F)F)c3)C2)cc1C. The zero-order chi connectivity index (χ0) is 31.7. The molecule has 0 spiro atoms. The van der Waals surface area contributed by atoms with Gasteiger partial charge in [-0.05, 0) is 126 Å².